The summed E-state index contributed by atoms with van der Waals surface area (Å²) in [7, 11) is 3.35. The average Bonchev–Trinajstić information content (AvgIpc) is 3.10. The molecule has 104 valence electrons. The second kappa shape index (κ2) is 4.53. The topological polar surface area (TPSA) is 36.9 Å². The first kappa shape index (κ1) is 12.3. The number of methoxy groups -OCH3 is 2. The van der Waals surface area contributed by atoms with Gasteiger partial charge in [-0.1, -0.05) is 24.3 Å². The van der Waals surface area contributed by atoms with Crippen molar-refractivity contribution in [2.24, 2.45) is 0 Å². The van der Waals surface area contributed by atoms with Crippen molar-refractivity contribution in [2.45, 2.75) is 25.8 Å². The van der Waals surface area contributed by atoms with E-state index in [4.69, 9.17) is 18.9 Å². The van der Waals surface area contributed by atoms with Gasteiger partial charge in [0, 0.05) is 25.3 Å². The fraction of sp³-hybridized carbons (Fsp3) is 0.375. The zero-order chi connectivity index (χ0) is 13.7. The minimum atomic E-state index is -0.282. The Morgan fingerprint density at radius 1 is 0.800 bits per heavy atom. The standard InChI is InChI=1S/C16H16O4/c1-17-15-13-9(7-19-15)3-6-12-11(13)5-4-10-8-20-16(18-2)14(10)12/h3-6,15-16H,7-8H2,1-2H3. The zero-order valence-electron chi connectivity index (χ0n) is 11.5. The molecule has 2 aromatic carbocycles. The molecular weight excluding hydrogens is 256 g/mol. The van der Waals surface area contributed by atoms with Gasteiger partial charge in [0.1, 0.15) is 0 Å². The van der Waals surface area contributed by atoms with E-state index in [0.717, 1.165) is 21.9 Å². The first-order valence-corrected chi connectivity index (χ1v) is 6.69. The predicted octanol–water partition coefficient (Wildman–Crippen LogP) is 3.19. The molecule has 4 heteroatoms. The summed E-state index contributed by atoms with van der Waals surface area (Å²) in [6.45, 7) is 1.20. The summed E-state index contributed by atoms with van der Waals surface area (Å²) < 4.78 is 22.2. The molecule has 0 saturated carbocycles. The minimum Gasteiger partial charge on any atom is -0.352 e. The number of ether oxygens (including phenoxy) is 4. The minimum absolute atomic E-state index is 0.282. The van der Waals surface area contributed by atoms with Gasteiger partial charge in [-0.25, -0.2) is 0 Å². The van der Waals surface area contributed by atoms with Crippen LogP contribution in [0.2, 0.25) is 0 Å². The van der Waals surface area contributed by atoms with E-state index in [-0.39, 0.29) is 12.6 Å². The van der Waals surface area contributed by atoms with Gasteiger partial charge in [-0.2, -0.15) is 0 Å². The van der Waals surface area contributed by atoms with Gasteiger partial charge in [0.25, 0.3) is 0 Å². The Kier molecular flexibility index (Phi) is 2.79. The maximum Gasteiger partial charge on any atom is 0.184 e. The molecule has 2 aliphatic rings. The van der Waals surface area contributed by atoms with Gasteiger partial charge >= 0.3 is 0 Å². The van der Waals surface area contributed by atoms with Crippen LogP contribution in [0.15, 0.2) is 24.3 Å². The monoisotopic (exact) mass is 272 g/mol. The third-order valence-corrected chi connectivity index (χ3v) is 4.14. The smallest absolute Gasteiger partial charge is 0.184 e. The van der Waals surface area contributed by atoms with Crippen LogP contribution in [0, 0.1) is 0 Å². The quantitative estimate of drug-likeness (QED) is 0.841. The molecule has 20 heavy (non-hydrogen) atoms. The molecule has 2 unspecified atom stereocenters. The molecule has 4 nitrogen and oxygen atoms in total. The molecule has 0 aliphatic carbocycles. The number of fused-ring (bicyclic) bond motifs is 5. The van der Waals surface area contributed by atoms with Crippen molar-refractivity contribution in [3.05, 3.63) is 46.5 Å². The Hall–Kier alpha value is -1.46. The van der Waals surface area contributed by atoms with Crippen LogP contribution in [0.3, 0.4) is 0 Å². The fourth-order valence-corrected chi connectivity index (χ4v) is 3.22. The molecule has 2 aliphatic heterocycles. The van der Waals surface area contributed by atoms with E-state index in [2.05, 4.69) is 24.3 Å². The van der Waals surface area contributed by atoms with Crippen molar-refractivity contribution >= 4 is 10.8 Å². The van der Waals surface area contributed by atoms with E-state index in [1.165, 1.54) is 11.1 Å². The lowest BCUT2D eigenvalue weighted by Gasteiger charge is -2.15. The third kappa shape index (κ3) is 1.56. The molecule has 0 radical (unpaired) electrons. The summed E-state index contributed by atoms with van der Waals surface area (Å²) in [5, 5.41) is 2.33. The van der Waals surface area contributed by atoms with Gasteiger partial charge in [0.05, 0.1) is 13.2 Å². The van der Waals surface area contributed by atoms with Crippen LogP contribution in [-0.4, -0.2) is 14.2 Å². The first-order chi connectivity index (χ1) is 9.83. The highest BCUT2D eigenvalue weighted by Crippen LogP contribution is 2.42. The summed E-state index contributed by atoms with van der Waals surface area (Å²) in [4.78, 5) is 0. The van der Waals surface area contributed by atoms with Gasteiger partial charge in [-0.3, -0.25) is 0 Å². The predicted molar refractivity (Wildman–Crippen MR) is 73.0 cm³/mol. The Morgan fingerprint density at radius 3 is 1.65 bits per heavy atom. The van der Waals surface area contributed by atoms with E-state index in [9.17, 15) is 0 Å². The highest BCUT2D eigenvalue weighted by molar-refractivity contribution is 5.91. The molecule has 0 fully saturated rings. The Bertz CT molecular complexity index is 620. The molecule has 0 spiro atoms. The van der Waals surface area contributed by atoms with E-state index < -0.39 is 0 Å². The molecule has 2 aromatic rings. The average molecular weight is 272 g/mol. The van der Waals surface area contributed by atoms with E-state index >= 15 is 0 Å². The number of hydrogen-bond donors (Lipinski definition) is 0. The second-order valence-corrected chi connectivity index (χ2v) is 5.13. The second-order valence-electron chi connectivity index (χ2n) is 5.13. The third-order valence-electron chi connectivity index (χ3n) is 4.14. The van der Waals surface area contributed by atoms with Crippen molar-refractivity contribution in [3.8, 4) is 0 Å². The van der Waals surface area contributed by atoms with Crippen LogP contribution >= 0.6 is 0 Å². The van der Waals surface area contributed by atoms with Crippen molar-refractivity contribution < 1.29 is 18.9 Å². The molecular formula is C16H16O4. The maximum atomic E-state index is 5.67. The largest absolute Gasteiger partial charge is 0.352 e. The van der Waals surface area contributed by atoms with E-state index in [0.29, 0.717) is 13.2 Å². The van der Waals surface area contributed by atoms with Crippen molar-refractivity contribution in [2.75, 3.05) is 14.2 Å². The van der Waals surface area contributed by atoms with Gasteiger partial charge in [0.15, 0.2) is 12.6 Å². The lowest BCUT2D eigenvalue weighted by Crippen LogP contribution is -2.02. The van der Waals surface area contributed by atoms with Crippen LogP contribution < -0.4 is 0 Å². The molecule has 0 amide bonds. The SMILES string of the molecule is COC1OCc2ccc3c4c(ccc3c21)COC4OC. The number of hydrogen-bond acceptors (Lipinski definition) is 4. The highest BCUT2D eigenvalue weighted by atomic mass is 16.7. The van der Waals surface area contributed by atoms with Gasteiger partial charge in [-0.15, -0.1) is 0 Å². The molecule has 2 heterocycles. The first-order valence-electron chi connectivity index (χ1n) is 6.69. The Labute approximate surface area is 117 Å². The normalized spacial score (nSPS) is 24.1. The van der Waals surface area contributed by atoms with Crippen molar-refractivity contribution in [3.63, 3.8) is 0 Å². The maximum absolute atomic E-state index is 5.67. The summed E-state index contributed by atoms with van der Waals surface area (Å²) >= 11 is 0. The molecule has 0 bridgehead atoms. The van der Waals surface area contributed by atoms with Crippen LogP contribution in [0.5, 0.6) is 0 Å². The number of benzene rings is 2. The lowest BCUT2D eigenvalue weighted by molar-refractivity contribution is -0.118. The Balaban J connectivity index is 2.01. The summed E-state index contributed by atoms with van der Waals surface area (Å²) in [5.74, 6) is 0. The molecule has 0 aromatic heterocycles. The lowest BCUT2D eigenvalue weighted by atomic mass is 9.94. The summed E-state index contributed by atoms with van der Waals surface area (Å²) in [6.07, 6.45) is -0.565. The van der Waals surface area contributed by atoms with E-state index in [1.54, 1.807) is 14.2 Å². The highest BCUT2D eigenvalue weighted by Gasteiger charge is 2.30. The summed E-state index contributed by atoms with van der Waals surface area (Å²) in [6, 6.07) is 8.49. The van der Waals surface area contributed by atoms with Crippen LogP contribution in [0.1, 0.15) is 34.8 Å². The summed E-state index contributed by atoms with van der Waals surface area (Å²) in [5.41, 5.74) is 4.65. The van der Waals surface area contributed by atoms with Crippen LogP contribution in [-0.2, 0) is 32.2 Å². The van der Waals surface area contributed by atoms with Gasteiger partial charge in [-0.05, 0) is 21.9 Å². The molecule has 2 atom stereocenters. The van der Waals surface area contributed by atoms with Crippen molar-refractivity contribution in [1.29, 1.82) is 0 Å². The fourth-order valence-electron chi connectivity index (χ4n) is 3.22. The van der Waals surface area contributed by atoms with Crippen LogP contribution in [0.25, 0.3) is 10.8 Å². The van der Waals surface area contributed by atoms with Crippen LogP contribution in [0.4, 0.5) is 0 Å². The van der Waals surface area contributed by atoms with Crippen molar-refractivity contribution in [1.82, 2.24) is 0 Å². The Morgan fingerprint density at radius 2 is 1.25 bits per heavy atom. The van der Waals surface area contributed by atoms with Gasteiger partial charge < -0.3 is 18.9 Å². The molecule has 4 rings (SSSR count). The zero-order valence-corrected chi connectivity index (χ0v) is 11.5. The van der Waals surface area contributed by atoms with Gasteiger partial charge in [0.2, 0.25) is 0 Å². The van der Waals surface area contributed by atoms with E-state index in [1.807, 2.05) is 0 Å². The molecule has 0 N–H and O–H groups in total. The number of rotatable bonds is 2. The molecule has 0 saturated heterocycles.